The zero-order valence-electron chi connectivity index (χ0n) is 15.9. The van der Waals surface area contributed by atoms with Crippen LogP contribution >= 0.6 is 0 Å². The van der Waals surface area contributed by atoms with Crippen molar-refractivity contribution in [2.45, 2.75) is 0 Å². The smallest absolute Gasteiger partial charge is 0.178 e. The van der Waals surface area contributed by atoms with E-state index in [4.69, 9.17) is 8.83 Å². The summed E-state index contributed by atoms with van der Waals surface area (Å²) in [6, 6.07) is 24.2. The van der Waals surface area contributed by atoms with Crippen molar-refractivity contribution in [3.63, 3.8) is 0 Å². The molecule has 0 unspecified atom stereocenters. The Balaban J connectivity index is 1.66. The van der Waals surface area contributed by atoms with Gasteiger partial charge in [0.15, 0.2) is 11.5 Å². The summed E-state index contributed by atoms with van der Waals surface area (Å²) in [4.78, 5) is 8.26. The molecule has 4 heteroatoms. The van der Waals surface area contributed by atoms with Crippen LogP contribution in [-0.2, 0) is 0 Å². The molecule has 0 saturated carbocycles. The molecular formula is C26H16N2O2. The van der Waals surface area contributed by atoms with E-state index in [1.807, 2.05) is 48.5 Å². The van der Waals surface area contributed by atoms with Gasteiger partial charge in [0.2, 0.25) is 0 Å². The van der Waals surface area contributed by atoms with E-state index >= 15 is 0 Å². The van der Waals surface area contributed by atoms with Gasteiger partial charge in [-0.25, -0.2) is 0 Å². The second-order valence-corrected chi connectivity index (χ2v) is 7.08. The predicted octanol–water partition coefficient (Wildman–Crippen LogP) is 6.97. The number of hydrogen-bond donors (Lipinski definition) is 0. The van der Waals surface area contributed by atoms with Crippen LogP contribution in [0.5, 0.6) is 0 Å². The van der Waals surface area contributed by atoms with Gasteiger partial charge in [0.1, 0.15) is 11.5 Å². The Bertz CT molecular complexity index is 1370. The maximum Gasteiger partial charge on any atom is 0.178 e. The van der Waals surface area contributed by atoms with Crippen LogP contribution in [0.25, 0.3) is 55.7 Å². The second kappa shape index (κ2) is 6.71. The van der Waals surface area contributed by atoms with Crippen molar-refractivity contribution in [3.8, 4) is 34.2 Å². The van der Waals surface area contributed by atoms with E-state index in [-0.39, 0.29) is 0 Å². The molecule has 0 fully saturated rings. The highest BCUT2D eigenvalue weighted by Crippen LogP contribution is 2.44. The molecule has 142 valence electrons. The quantitative estimate of drug-likeness (QED) is 0.328. The molecule has 0 aliphatic rings. The van der Waals surface area contributed by atoms with Gasteiger partial charge in [0.05, 0.1) is 0 Å². The van der Waals surface area contributed by atoms with Crippen LogP contribution in [0.4, 0.5) is 0 Å². The average Bonchev–Trinajstić information content (AvgIpc) is 3.39. The first-order valence-electron chi connectivity index (χ1n) is 9.74. The minimum atomic E-state index is 0.730. The monoisotopic (exact) mass is 388 g/mol. The Kier molecular flexibility index (Phi) is 3.74. The Labute approximate surface area is 172 Å². The SMILES string of the molecule is c1ccc2c(-c3oc(-c4ccncc4)c4ccccc34)oc(-c3ccncc3)c2c1. The number of nitrogens with zero attached hydrogens (tertiary/aromatic N) is 2. The zero-order chi connectivity index (χ0) is 19.9. The van der Waals surface area contributed by atoms with E-state index in [1.54, 1.807) is 24.8 Å². The zero-order valence-corrected chi connectivity index (χ0v) is 15.9. The van der Waals surface area contributed by atoms with Gasteiger partial charge in [-0.15, -0.1) is 0 Å². The van der Waals surface area contributed by atoms with E-state index in [0.717, 1.165) is 55.7 Å². The molecular weight excluding hydrogens is 372 g/mol. The average molecular weight is 388 g/mol. The summed E-state index contributed by atoms with van der Waals surface area (Å²) in [5, 5.41) is 4.13. The standard InChI is InChI=1S/C26H16N2O2/c1-3-7-21-19(5-1)23(17-9-13-27-14-10-17)29-25(21)26-22-8-4-2-6-20(22)24(30-26)18-11-15-28-16-12-18/h1-16H. The molecule has 30 heavy (non-hydrogen) atoms. The predicted molar refractivity (Wildman–Crippen MR) is 118 cm³/mol. The van der Waals surface area contributed by atoms with Gasteiger partial charge >= 0.3 is 0 Å². The van der Waals surface area contributed by atoms with Crippen molar-refractivity contribution in [3.05, 3.63) is 97.6 Å². The molecule has 0 aliphatic carbocycles. The first-order valence-corrected chi connectivity index (χ1v) is 9.74. The van der Waals surface area contributed by atoms with Crippen molar-refractivity contribution in [2.75, 3.05) is 0 Å². The molecule has 0 spiro atoms. The third-order valence-electron chi connectivity index (χ3n) is 5.33. The van der Waals surface area contributed by atoms with Crippen LogP contribution in [0, 0.1) is 0 Å². The highest BCUT2D eigenvalue weighted by Gasteiger charge is 2.23. The summed E-state index contributed by atoms with van der Waals surface area (Å²) >= 11 is 0. The lowest BCUT2D eigenvalue weighted by atomic mass is 10.0. The van der Waals surface area contributed by atoms with Gasteiger partial charge in [0.25, 0.3) is 0 Å². The lowest BCUT2D eigenvalue weighted by molar-refractivity contribution is 0.544. The number of rotatable bonds is 3. The number of benzene rings is 2. The molecule has 0 radical (unpaired) electrons. The van der Waals surface area contributed by atoms with Gasteiger partial charge in [-0.2, -0.15) is 0 Å². The van der Waals surface area contributed by atoms with Gasteiger partial charge in [-0.3, -0.25) is 9.97 Å². The minimum Gasteiger partial charge on any atom is -0.451 e. The van der Waals surface area contributed by atoms with Crippen LogP contribution in [-0.4, -0.2) is 9.97 Å². The first-order chi connectivity index (χ1) is 14.9. The number of furan rings is 2. The molecule has 6 rings (SSSR count). The number of pyridine rings is 2. The summed E-state index contributed by atoms with van der Waals surface area (Å²) in [5.41, 5.74) is 1.97. The van der Waals surface area contributed by atoms with E-state index in [0.29, 0.717) is 0 Å². The second-order valence-electron chi connectivity index (χ2n) is 7.08. The third-order valence-corrected chi connectivity index (χ3v) is 5.33. The number of fused-ring (bicyclic) bond motifs is 2. The van der Waals surface area contributed by atoms with E-state index < -0.39 is 0 Å². The van der Waals surface area contributed by atoms with Crippen LogP contribution in [0.2, 0.25) is 0 Å². The minimum absolute atomic E-state index is 0.730. The highest BCUT2D eigenvalue weighted by molar-refractivity contribution is 6.09. The Morgan fingerprint density at radius 3 is 1.10 bits per heavy atom. The molecule has 2 aromatic carbocycles. The molecule has 4 heterocycles. The third kappa shape index (κ3) is 2.54. The Morgan fingerprint density at radius 1 is 0.400 bits per heavy atom. The lowest BCUT2D eigenvalue weighted by Crippen LogP contribution is -1.75. The normalized spacial score (nSPS) is 11.3. The molecule has 4 nitrogen and oxygen atoms in total. The summed E-state index contributed by atoms with van der Waals surface area (Å²) in [6.45, 7) is 0. The summed E-state index contributed by atoms with van der Waals surface area (Å²) in [7, 11) is 0. The Morgan fingerprint density at radius 2 is 0.733 bits per heavy atom. The van der Waals surface area contributed by atoms with Crippen molar-refractivity contribution >= 4 is 21.5 Å². The van der Waals surface area contributed by atoms with Crippen LogP contribution in [0.1, 0.15) is 0 Å². The van der Waals surface area contributed by atoms with E-state index in [2.05, 4.69) is 34.2 Å². The first kappa shape index (κ1) is 16.7. The molecule has 0 aliphatic heterocycles. The van der Waals surface area contributed by atoms with Gasteiger partial charge in [-0.05, 0) is 24.3 Å². The van der Waals surface area contributed by atoms with Crippen LogP contribution < -0.4 is 0 Å². The Hall–Kier alpha value is -4.18. The molecule has 4 aromatic heterocycles. The fraction of sp³-hybridized carbons (Fsp3) is 0. The molecule has 0 bridgehead atoms. The fourth-order valence-corrected chi connectivity index (χ4v) is 3.96. The van der Waals surface area contributed by atoms with Crippen molar-refractivity contribution in [1.82, 2.24) is 9.97 Å². The van der Waals surface area contributed by atoms with E-state index in [1.165, 1.54) is 0 Å². The summed E-state index contributed by atoms with van der Waals surface area (Å²) < 4.78 is 12.9. The maximum absolute atomic E-state index is 6.46. The van der Waals surface area contributed by atoms with Crippen molar-refractivity contribution in [1.29, 1.82) is 0 Å². The molecule has 0 saturated heterocycles. The topological polar surface area (TPSA) is 52.1 Å². The summed E-state index contributed by atoms with van der Waals surface area (Å²) in [6.07, 6.45) is 7.10. The molecule has 0 atom stereocenters. The molecule has 0 N–H and O–H groups in total. The summed E-state index contributed by atoms with van der Waals surface area (Å²) in [5.74, 6) is 3.09. The highest BCUT2D eigenvalue weighted by atomic mass is 16.4. The van der Waals surface area contributed by atoms with Crippen LogP contribution in [0.15, 0.2) is 106 Å². The van der Waals surface area contributed by atoms with Gasteiger partial charge in [0, 0.05) is 57.5 Å². The molecule has 6 aromatic rings. The van der Waals surface area contributed by atoms with Gasteiger partial charge < -0.3 is 8.83 Å². The largest absolute Gasteiger partial charge is 0.451 e. The van der Waals surface area contributed by atoms with Crippen molar-refractivity contribution < 1.29 is 8.83 Å². The van der Waals surface area contributed by atoms with E-state index in [9.17, 15) is 0 Å². The number of hydrogen-bond acceptors (Lipinski definition) is 4. The lowest BCUT2D eigenvalue weighted by Gasteiger charge is -1.97. The maximum atomic E-state index is 6.46. The van der Waals surface area contributed by atoms with Gasteiger partial charge in [-0.1, -0.05) is 48.5 Å². The van der Waals surface area contributed by atoms with Crippen LogP contribution in [0.3, 0.4) is 0 Å². The fourth-order valence-electron chi connectivity index (χ4n) is 3.96. The molecule has 0 amide bonds. The van der Waals surface area contributed by atoms with Crippen molar-refractivity contribution in [2.24, 2.45) is 0 Å². The number of aromatic nitrogens is 2.